The Morgan fingerprint density at radius 1 is 1.00 bits per heavy atom. The van der Waals surface area contributed by atoms with Crippen molar-refractivity contribution in [2.45, 2.75) is 39.1 Å². The Kier molecular flexibility index (Phi) is 6.18. The Labute approximate surface area is 136 Å². The van der Waals surface area contributed by atoms with Gasteiger partial charge in [-0.1, -0.05) is 42.5 Å². The monoisotopic (exact) mass is 314 g/mol. The molecule has 0 saturated carbocycles. The summed E-state index contributed by atoms with van der Waals surface area (Å²) in [6, 6.07) is 17.4. The molecule has 2 rings (SSSR count). The van der Waals surface area contributed by atoms with Gasteiger partial charge in [-0.15, -0.1) is 0 Å². The Balaban J connectivity index is 1.92. The van der Waals surface area contributed by atoms with E-state index in [9.17, 15) is 9.90 Å². The van der Waals surface area contributed by atoms with Gasteiger partial charge in [0.25, 0.3) is 0 Å². The van der Waals surface area contributed by atoms with Crippen LogP contribution in [0.4, 0.5) is 0 Å². The van der Waals surface area contributed by atoms with Crippen molar-refractivity contribution < 1.29 is 19.4 Å². The fourth-order valence-electron chi connectivity index (χ4n) is 2.20. The Morgan fingerprint density at radius 3 is 2.22 bits per heavy atom. The van der Waals surface area contributed by atoms with Crippen molar-refractivity contribution >= 4 is 5.97 Å². The number of hydrogen-bond acceptors (Lipinski definition) is 3. The number of ether oxygens (including phenoxy) is 2. The maximum Gasteiger partial charge on any atom is 0.333 e. The molecule has 0 aliphatic rings. The van der Waals surface area contributed by atoms with Gasteiger partial charge in [-0.2, -0.15) is 0 Å². The zero-order valence-electron chi connectivity index (χ0n) is 13.4. The zero-order chi connectivity index (χ0) is 16.7. The first-order chi connectivity index (χ1) is 11.0. The molecule has 0 heterocycles. The quantitative estimate of drug-likeness (QED) is 0.807. The van der Waals surface area contributed by atoms with Gasteiger partial charge in [-0.25, -0.2) is 4.79 Å². The largest absolute Gasteiger partial charge is 0.489 e. The van der Waals surface area contributed by atoms with E-state index in [0.29, 0.717) is 13.0 Å². The molecule has 23 heavy (non-hydrogen) atoms. The molecule has 0 aromatic heterocycles. The maximum absolute atomic E-state index is 11.2. The van der Waals surface area contributed by atoms with E-state index >= 15 is 0 Å². The molecule has 0 saturated heterocycles. The van der Waals surface area contributed by atoms with E-state index in [1.165, 1.54) is 0 Å². The third kappa shape index (κ3) is 5.75. The van der Waals surface area contributed by atoms with Crippen LogP contribution < -0.4 is 4.74 Å². The highest BCUT2D eigenvalue weighted by Crippen LogP contribution is 2.16. The van der Waals surface area contributed by atoms with Gasteiger partial charge < -0.3 is 14.6 Å². The second kappa shape index (κ2) is 8.34. The van der Waals surface area contributed by atoms with Gasteiger partial charge in [0.2, 0.25) is 0 Å². The van der Waals surface area contributed by atoms with Crippen molar-refractivity contribution in [1.29, 1.82) is 0 Å². The van der Waals surface area contributed by atoms with Crippen molar-refractivity contribution in [3.63, 3.8) is 0 Å². The van der Waals surface area contributed by atoms with Gasteiger partial charge in [-0.3, -0.25) is 0 Å². The van der Waals surface area contributed by atoms with E-state index in [1.54, 1.807) is 0 Å². The number of carboxylic acids is 1. The molecule has 4 nitrogen and oxygen atoms in total. The molecule has 0 radical (unpaired) electrons. The van der Waals surface area contributed by atoms with E-state index in [2.05, 4.69) is 0 Å². The molecule has 0 fully saturated rings. The van der Waals surface area contributed by atoms with Gasteiger partial charge in [0.1, 0.15) is 12.4 Å². The zero-order valence-corrected chi connectivity index (χ0v) is 13.4. The SMILES string of the molecule is CC(C)OC(Cc1ccc(OCc2ccccc2)cc1)C(=O)O. The molecule has 2 aromatic rings. The first kappa shape index (κ1) is 17.0. The number of rotatable bonds is 8. The van der Waals surface area contributed by atoms with E-state index in [0.717, 1.165) is 16.9 Å². The van der Waals surface area contributed by atoms with E-state index < -0.39 is 12.1 Å². The van der Waals surface area contributed by atoms with Crippen molar-refractivity contribution in [1.82, 2.24) is 0 Å². The van der Waals surface area contributed by atoms with Crippen LogP contribution in [0.25, 0.3) is 0 Å². The summed E-state index contributed by atoms with van der Waals surface area (Å²) >= 11 is 0. The normalized spacial score (nSPS) is 12.1. The topological polar surface area (TPSA) is 55.8 Å². The lowest BCUT2D eigenvalue weighted by Crippen LogP contribution is -2.29. The molecule has 0 aliphatic heterocycles. The van der Waals surface area contributed by atoms with Crippen molar-refractivity contribution in [3.8, 4) is 5.75 Å². The number of aliphatic carboxylic acids is 1. The van der Waals surface area contributed by atoms with E-state index in [-0.39, 0.29) is 6.10 Å². The lowest BCUT2D eigenvalue weighted by Gasteiger charge is -2.16. The predicted molar refractivity (Wildman–Crippen MR) is 88.6 cm³/mol. The number of carbonyl (C=O) groups is 1. The molecule has 0 bridgehead atoms. The van der Waals surface area contributed by atoms with Gasteiger partial charge in [0.05, 0.1) is 6.10 Å². The molecule has 1 unspecified atom stereocenters. The third-order valence-corrected chi connectivity index (χ3v) is 3.30. The van der Waals surface area contributed by atoms with E-state index in [4.69, 9.17) is 9.47 Å². The van der Waals surface area contributed by atoms with Crippen LogP contribution in [0.1, 0.15) is 25.0 Å². The van der Waals surface area contributed by atoms with Crippen LogP contribution in [0, 0.1) is 0 Å². The molecule has 1 atom stereocenters. The van der Waals surface area contributed by atoms with Gasteiger partial charge in [0, 0.05) is 6.42 Å². The Hall–Kier alpha value is -2.33. The molecule has 122 valence electrons. The van der Waals surface area contributed by atoms with Crippen molar-refractivity contribution in [2.24, 2.45) is 0 Å². The minimum Gasteiger partial charge on any atom is -0.489 e. The molecule has 0 amide bonds. The highest BCUT2D eigenvalue weighted by Gasteiger charge is 2.19. The highest BCUT2D eigenvalue weighted by molar-refractivity contribution is 5.72. The second-order valence-corrected chi connectivity index (χ2v) is 5.63. The molecule has 1 N–H and O–H groups in total. The molecule has 2 aromatic carbocycles. The van der Waals surface area contributed by atoms with Crippen LogP contribution in [0.15, 0.2) is 54.6 Å². The fourth-order valence-corrected chi connectivity index (χ4v) is 2.20. The summed E-state index contributed by atoms with van der Waals surface area (Å²) in [7, 11) is 0. The number of carboxylic acid groups (broad SMARTS) is 1. The second-order valence-electron chi connectivity index (χ2n) is 5.63. The number of benzene rings is 2. The Morgan fingerprint density at radius 2 is 1.65 bits per heavy atom. The van der Waals surface area contributed by atoms with Gasteiger partial charge >= 0.3 is 5.97 Å². The Bertz CT molecular complexity index is 605. The molecule has 0 spiro atoms. The van der Waals surface area contributed by atoms with Crippen LogP contribution in [0.3, 0.4) is 0 Å². The molecular weight excluding hydrogens is 292 g/mol. The van der Waals surface area contributed by atoms with Crippen LogP contribution in [-0.2, 0) is 22.6 Å². The van der Waals surface area contributed by atoms with Gasteiger partial charge in [0.15, 0.2) is 6.10 Å². The van der Waals surface area contributed by atoms with Crippen molar-refractivity contribution in [2.75, 3.05) is 0 Å². The summed E-state index contributed by atoms with van der Waals surface area (Å²) < 4.78 is 11.1. The summed E-state index contributed by atoms with van der Waals surface area (Å²) in [4.78, 5) is 11.2. The fraction of sp³-hybridized carbons (Fsp3) is 0.316. The summed E-state index contributed by atoms with van der Waals surface area (Å²) in [6.45, 7) is 4.17. The van der Waals surface area contributed by atoms with Crippen LogP contribution in [0.5, 0.6) is 5.75 Å². The maximum atomic E-state index is 11.2. The first-order valence-electron chi connectivity index (χ1n) is 7.68. The summed E-state index contributed by atoms with van der Waals surface area (Å²) in [6.07, 6.45) is -0.609. The smallest absolute Gasteiger partial charge is 0.333 e. The average Bonchev–Trinajstić information content (AvgIpc) is 2.54. The molecule has 0 aliphatic carbocycles. The first-order valence-corrected chi connectivity index (χ1v) is 7.68. The van der Waals surface area contributed by atoms with E-state index in [1.807, 2.05) is 68.4 Å². The number of hydrogen-bond donors (Lipinski definition) is 1. The standard InChI is InChI=1S/C19H22O4/c1-14(2)23-18(19(20)21)12-15-8-10-17(11-9-15)22-13-16-6-4-3-5-7-16/h3-11,14,18H,12-13H2,1-2H3,(H,20,21). The highest BCUT2D eigenvalue weighted by atomic mass is 16.5. The molecular formula is C19H22O4. The lowest BCUT2D eigenvalue weighted by molar-refractivity contribution is -0.153. The summed E-state index contributed by atoms with van der Waals surface area (Å²) in [5.74, 6) is -0.183. The third-order valence-electron chi connectivity index (χ3n) is 3.30. The predicted octanol–water partition coefficient (Wildman–Crippen LogP) is 3.69. The molecule has 4 heteroatoms. The lowest BCUT2D eigenvalue weighted by atomic mass is 10.1. The van der Waals surface area contributed by atoms with Crippen LogP contribution >= 0.6 is 0 Å². The minimum atomic E-state index is -0.942. The van der Waals surface area contributed by atoms with Crippen LogP contribution in [-0.4, -0.2) is 23.3 Å². The summed E-state index contributed by atoms with van der Waals surface area (Å²) in [5, 5.41) is 9.20. The van der Waals surface area contributed by atoms with Gasteiger partial charge in [-0.05, 0) is 37.1 Å². The summed E-state index contributed by atoms with van der Waals surface area (Å²) in [5.41, 5.74) is 2.01. The minimum absolute atomic E-state index is 0.121. The van der Waals surface area contributed by atoms with Crippen molar-refractivity contribution in [3.05, 3.63) is 65.7 Å². The van der Waals surface area contributed by atoms with Crippen LogP contribution in [0.2, 0.25) is 0 Å². The average molecular weight is 314 g/mol.